The number of pyridine rings is 2. The average Bonchev–Trinajstić information content (AvgIpc) is 2.37. The first kappa shape index (κ1) is 12.2. The standard InChI is InChI=1S/C12H12F2N4/c1-7(8-3-2-4-16-6-8)17-12-10(14)5-9(13)11(15)18-12/h2-7H,1H3,(H3,15,17,18). The molecule has 1 atom stereocenters. The van der Waals surface area contributed by atoms with Crippen LogP contribution in [-0.2, 0) is 0 Å². The maximum Gasteiger partial charge on any atom is 0.168 e. The summed E-state index contributed by atoms with van der Waals surface area (Å²) in [7, 11) is 0. The molecule has 4 nitrogen and oxygen atoms in total. The molecule has 0 saturated carbocycles. The van der Waals surface area contributed by atoms with Crippen LogP contribution in [0.4, 0.5) is 20.4 Å². The Morgan fingerprint density at radius 2 is 2.11 bits per heavy atom. The number of aromatic nitrogens is 2. The van der Waals surface area contributed by atoms with Crippen LogP contribution in [0.2, 0.25) is 0 Å². The van der Waals surface area contributed by atoms with Crippen LogP contribution in [0.25, 0.3) is 0 Å². The van der Waals surface area contributed by atoms with Crippen LogP contribution >= 0.6 is 0 Å². The van der Waals surface area contributed by atoms with Crippen LogP contribution < -0.4 is 11.1 Å². The molecular formula is C12H12F2N4. The van der Waals surface area contributed by atoms with Gasteiger partial charge in [-0.1, -0.05) is 6.07 Å². The van der Waals surface area contributed by atoms with Crippen LogP contribution in [0, 0.1) is 11.6 Å². The molecule has 0 aliphatic carbocycles. The lowest BCUT2D eigenvalue weighted by Crippen LogP contribution is -2.11. The van der Waals surface area contributed by atoms with Gasteiger partial charge in [0.15, 0.2) is 23.3 Å². The molecule has 0 saturated heterocycles. The van der Waals surface area contributed by atoms with Crippen LogP contribution in [-0.4, -0.2) is 9.97 Å². The number of nitrogens with zero attached hydrogens (tertiary/aromatic N) is 2. The van der Waals surface area contributed by atoms with Crippen LogP contribution in [0.15, 0.2) is 30.6 Å². The molecule has 0 aliphatic rings. The predicted molar refractivity (Wildman–Crippen MR) is 64.8 cm³/mol. The number of hydrogen-bond donors (Lipinski definition) is 2. The van der Waals surface area contributed by atoms with Gasteiger partial charge in [-0.3, -0.25) is 4.98 Å². The molecule has 18 heavy (non-hydrogen) atoms. The van der Waals surface area contributed by atoms with Gasteiger partial charge in [0.1, 0.15) is 0 Å². The molecule has 3 N–H and O–H groups in total. The van der Waals surface area contributed by atoms with Crippen molar-refractivity contribution in [1.29, 1.82) is 0 Å². The van der Waals surface area contributed by atoms with Gasteiger partial charge in [0, 0.05) is 18.5 Å². The molecule has 0 fully saturated rings. The summed E-state index contributed by atoms with van der Waals surface area (Å²) >= 11 is 0. The van der Waals surface area contributed by atoms with Crippen molar-refractivity contribution in [1.82, 2.24) is 9.97 Å². The zero-order valence-electron chi connectivity index (χ0n) is 9.69. The van der Waals surface area contributed by atoms with Crippen molar-refractivity contribution in [3.8, 4) is 0 Å². The van der Waals surface area contributed by atoms with Crippen molar-refractivity contribution >= 4 is 11.6 Å². The fourth-order valence-electron chi connectivity index (χ4n) is 1.50. The SMILES string of the molecule is CC(Nc1nc(N)c(F)cc1F)c1cccnc1. The van der Waals surface area contributed by atoms with E-state index in [0.717, 1.165) is 5.56 Å². The third-order valence-corrected chi connectivity index (χ3v) is 2.49. The summed E-state index contributed by atoms with van der Waals surface area (Å²) in [4.78, 5) is 7.60. The molecule has 2 rings (SSSR count). The van der Waals surface area contributed by atoms with Gasteiger partial charge in [0.05, 0.1) is 6.04 Å². The first-order valence-electron chi connectivity index (χ1n) is 5.36. The highest BCUT2D eigenvalue weighted by Gasteiger charge is 2.13. The maximum absolute atomic E-state index is 13.5. The molecule has 0 radical (unpaired) electrons. The van der Waals surface area contributed by atoms with Gasteiger partial charge in [-0.2, -0.15) is 0 Å². The van der Waals surface area contributed by atoms with Crippen LogP contribution in [0.5, 0.6) is 0 Å². The molecule has 2 aromatic heterocycles. The second-order valence-electron chi connectivity index (χ2n) is 3.84. The number of nitrogen functional groups attached to an aromatic ring is 1. The van der Waals surface area contributed by atoms with Gasteiger partial charge in [-0.05, 0) is 18.6 Å². The molecule has 0 aliphatic heterocycles. The summed E-state index contributed by atoms with van der Waals surface area (Å²) in [6, 6.07) is 4.11. The first-order chi connectivity index (χ1) is 8.58. The van der Waals surface area contributed by atoms with Gasteiger partial charge in [0.2, 0.25) is 0 Å². The highest BCUT2D eigenvalue weighted by atomic mass is 19.1. The van der Waals surface area contributed by atoms with E-state index in [4.69, 9.17) is 5.73 Å². The molecule has 2 aromatic rings. The third kappa shape index (κ3) is 2.53. The highest BCUT2D eigenvalue weighted by Crippen LogP contribution is 2.21. The van der Waals surface area contributed by atoms with E-state index in [1.165, 1.54) is 0 Å². The fraction of sp³-hybridized carbons (Fsp3) is 0.167. The minimum Gasteiger partial charge on any atom is -0.381 e. The zero-order valence-corrected chi connectivity index (χ0v) is 9.69. The summed E-state index contributed by atoms with van der Waals surface area (Å²) in [6.07, 6.45) is 3.30. The van der Waals surface area contributed by atoms with Gasteiger partial charge in [0.25, 0.3) is 0 Å². The fourth-order valence-corrected chi connectivity index (χ4v) is 1.50. The molecule has 6 heteroatoms. The van der Waals surface area contributed by atoms with E-state index in [1.54, 1.807) is 18.5 Å². The Morgan fingerprint density at radius 1 is 1.33 bits per heavy atom. The van der Waals surface area contributed by atoms with Gasteiger partial charge in [-0.25, -0.2) is 13.8 Å². The molecular weight excluding hydrogens is 238 g/mol. The monoisotopic (exact) mass is 250 g/mol. The number of halogens is 2. The topological polar surface area (TPSA) is 63.8 Å². The van der Waals surface area contributed by atoms with Crippen molar-refractivity contribution < 1.29 is 8.78 Å². The Morgan fingerprint density at radius 3 is 2.78 bits per heavy atom. The lowest BCUT2D eigenvalue weighted by Gasteiger charge is -2.15. The lowest BCUT2D eigenvalue weighted by atomic mass is 10.1. The van der Waals surface area contributed by atoms with Crippen molar-refractivity contribution in [2.24, 2.45) is 0 Å². The summed E-state index contributed by atoms with van der Waals surface area (Å²) in [5, 5.41) is 2.82. The summed E-state index contributed by atoms with van der Waals surface area (Å²) in [5.74, 6) is -2.06. The maximum atomic E-state index is 13.5. The van der Waals surface area contributed by atoms with Crippen molar-refractivity contribution in [2.75, 3.05) is 11.1 Å². The number of nitrogens with one attached hydrogen (secondary N) is 1. The number of rotatable bonds is 3. The second-order valence-corrected chi connectivity index (χ2v) is 3.84. The van der Waals surface area contributed by atoms with Crippen LogP contribution in [0.1, 0.15) is 18.5 Å². The third-order valence-electron chi connectivity index (χ3n) is 2.49. The highest BCUT2D eigenvalue weighted by molar-refractivity contribution is 5.46. The quantitative estimate of drug-likeness (QED) is 0.878. The van der Waals surface area contributed by atoms with E-state index < -0.39 is 11.6 Å². The minimum atomic E-state index is -0.868. The Bertz CT molecular complexity index is 545. The Balaban J connectivity index is 2.22. The number of anilines is 2. The van der Waals surface area contributed by atoms with Crippen LogP contribution in [0.3, 0.4) is 0 Å². The summed E-state index contributed by atoms with van der Waals surface area (Å²) < 4.78 is 26.4. The Labute approximate surface area is 103 Å². The summed E-state index contributed by atoms with van der Waals surface area (Å²) in [5.41, 5.74) is 6.16. The van der Waals surface area contributed by atoms with E-state index in [0.29, 0.717) is 6.07 Å². The Hall–Kier alpha value is -2.24. The minimum absolute atomic E-state index is 0.0785. The number of nitrogens with two attached hydrogens (primary N) is 1. The zero-order chi connectivity index (χ0) is 13.1. The summed E-state index contributed by atoms with van der Waals surface area (Å²) in [6.45, 7) is 1.82. The predicted octanol–water partition coefficient (Wildman–Crippen LogP) is 2.51. The smallest absolute Gasteiger partial charge is 0.168 e. The molecule has 0 bridgehead atoms. The normalized spacial score (nSPS) is 12.2. The largest absolute Gasteiger partial charge is 0.381 e. The first-order valence-corrected chi connectivity index (χ1v) is 5.36. The van der Waals surface area contributed by atoms with Crippen molar-refractivity contribution in [3.63, 3.8) is 0 Å². The van der Waals surface area contributed by atoms with Crippen molar-refractivity contribution in [2.45, 2.75) is 13.0 Å². The molecule has 94 valence electrons. The van der Waals surface area contributed by atoms with E-state index >= 15 is 0 Å². The van der Waals surface area contributed by atoms with E-state index in [-0.39, 0.29) is 17.7 Å². The number of hydrogen-bond acceptors (Lipinski definition) is 4. The molecule has 0 aromatic carbocycles. The van der Waals surface area contributed by atoms with E-state index in [1.807, 2.05) is 13.0 Å². The second kappa shape index (κ2) is 4.95. The Kier molecular flexibility index (Phi) is 3.36. The molecule has 2 heterocycles. The average molecular weight is 250 g/mol. The van der Waals surface area contributed by atoms with E-state index in [9.17, 15) is 8.78 Å². The van der Waals surface area contributed by atoms with Gasteiger partial charge in [-0.15, -0.1) is 0 Å². The van der Waals surface area contributed by atoms with Crippen molar-refractivity contribution in [3.05, 3.63) is 47.8 Å². The van der Waals surface area contributed by atoms with Gasteiger partial charge >= 0.3 is 0 Å². The molecule has 0 spiro atoms. The molecule has 1 unspecified atom stereocenters. The molecule has 0 amide bonds. The lowest BCUT2D eigenvalue weighted by molar-refractivity contribution is 0.578. The van der Waals surface area contributed by atoms with Gasteiger partial charge < -0.3 is 11.1 Å². The van der Waals surface area contributed by atoms with E-state index in [2.05, 4.69) is 15.3 Å².